The lowest BCUT2D eigenvalue weighted by molar-refractivity contribution is 0.550. The van der Waals surface area contributed by atoms with E-state index in [1.54, 1.807) is 0 Å². The summed E-state index contributed by atoms with van der Waals surface area (Å²) >= 11 is 1.97. The van der Waals surface area contributed by atoms with Crippen LogP contribution in [-0.4, -0.2) is 12.3 Å². The van der Waals surface area contributed by atoms with Gasteiger partial charge in [-0.25, -0.2) is 0 Å². The van der Waals surface area contributed by atoms with Crippen LogP contribution in [0.15, 0.2) is 23.1 Å². The van der Waals surface area contributed by atoms with Gasteiger partial charge in [-0.05, 0) is 43.2 Å². The van der Waals surface area contributed by atoms with Crippen LogP contribution in [-0.2, 0) is 6.54 Å². The normalized spacial score (nSPS) is 11.1. The maximum absolute atomic E-state index is 3.53. The lowest BCUT2D eigenvalue weighted by Gasteiger charge is -2.12. The van der Waals surface area contributed by atoms with Gasteiger partial charge in [0.1, 0.15) is 0 Å². The lowest BCUT2D eigenvalue weighted by Crippen LogP contribution is -2.19. The average Bonchev–Trinajstić information content (AvgIpc) is 2.27. The number of hydrogen-bond donors (Lipinski definition) is 1. The fraction of sp³-hybridized carbons (Fsp3) is 0.600. The van der Waals surface area contributed by atoms with Crippen molar-refractivity contribution in [3.63, 3.8) is 0 Å². The van der Waals surface area contributed by atoms with Crippen LogP contribution in [0.2, 0.25) is 0 Å². The van der Waals surface area contributed by atoms with Crippen molar-refractivity contribution in [2.45, 2.75) is 45.6 Å². The Morgan fingerprint density at radius 3 is 2.71 bits per heavy atom. The van der Waals surface area contributed by atoms with Crippen molar-refractivity contribution in [1.82, 2.24) is 5.32 Å². The predicted molar refractivity (Wildman–Crippen MR) is 78.7 cm³/mol. The molecule has 0 bridgehead atoms. The Morgan fingerprint density at radius 1 is 1.29 bits per heavy atom. The van der Waals surface area contributed by atoms with Crippen molar-refractivity contribution in [2.24, 2.45) is 5.92 Å². The predicted octanol–water partition coefficient (Wildman–Crippen LogP) is 4.24. The second-order valence-electron chi connectivity index (χ2n) is 4.98. The van der Waals surface area contributed by atoms with Crippen LogP contribution >= 0.6 is 11.8 Å². The van der Waals surface area contributed by atoms with E-state index >= 15 is 0 Å². The Balaban J connectivity index is 2.62. The first-order valence-corrected chi connectivity index (χ1v) is 7.55. The molecule has 2 heteroatoms. The van der Waals surface area contributed by atoms with Gasteiger partial charge in [-0.15, -0.1) is 11.8 Å². The molecule has 1 N–H and O–H groups in total. The first kappa shape index (κ1) is 14.6. The van der Waals surface area contributed by atoms with E-state index in [-0.39, 0.29) is 0 Å². The Morgan fingerprint density at radius 2 is 2.06 bits per heavy atom. The molecule has 0 radical (unpaired) electrons. The zero-order chi connectivity index (χ0) is 12.7. The molecule has 0 saturated carbocycles. The van der Waals surface area contributed by atoms with E-state index in [0.717, 1.165) is 13.1 Å². The van der Waals surface area contributed by atoms with Gasteiger partial charge in [0, 0.05) is 11.4 Å². The molecule has 1 aromatic rings. The summed E-state index contributed by atoms with van der Waals surface area (Å²) in [6.07, 6.45) is 1.23. The third-order valence-electron chi connectivity index (χ3n) is 2.55. The molecule has 0 saturated heterocycles. The summed E-state index contributed by atoms with van der Waals surface area (Å²) in [5, 5.41) is 3.53. The monoisotopic (exact) mass is 251 g/mol. The second-order valence-corrected chi connectivity index (χ2v) is 6.12. The van der Waals surface area contributed by atoms with E-state index in [4.69, 9.17) is 0 Å². The minimum Gasteiger partial charge on any atom is -0.312 e. The van der Waals surface area contributed by atoms with Gasteiger partial charge in [0.2, 0.25) is 0 Å². The van der Waals surface area contributed by atoms with Crippen molar-refractivity contribution in [1.29, 1.82) is 0 Å². The van der Waals surface area contributed by atoms with Crippen molar-refractivity contribution < 1.29 is 0 Å². The summed E-state index contributed by atoms with van der Waals surface area (Å²) < 4.78 is 0. The van der Waals surface area contributed by atoms with Gasteiger partial charge in [0.25, 0.3) is 0 Å². The zero-order valence-corrected chi connectivity index (χ0v) is 12.4. The molecule has 0 unspecified atom stereocenters. The van der Waals surface area contributed by atoms with E-state index in [9.17, 15) is 0 Å². The van der Waals surface area contributed by atoms with Crippen molar-refractivity contribution >= 4 is 11.8 Å². The van der Waals surface area contributed by atoms with Crippen LogP contribution < -0.4 is 5.32 Å². The number of thioether (sulfide) groups is 1. The molecule has 96 valence electrons. The largest absolute Gasteiger partial charge is 0.312 e. The number of hydrogen-bond acceptors (Lipinski definition) is 2. The van der Waals surface area contributed by atoms with Crippen molar-refractivity contribution in [3.8, 4) is 0 Å². The Bertz CT molecular complexity index is 334. The maximum Gasteiger partial charge on any atom is 0.0216 e. The molecule has 0 aromatic heterocycles. The molecule has 0 fully saturated rings. The van der Waals surface area contributed by atoms with E-state index in [0.29, 0.717) is 5.92 Å². The minimum absolute atomic E-state index is 0.714. The molecule has 0 amide bonds. The molecule has 0 heterocycles. The second kappa shape index (κ2) is 7.78. The van der Waals surface area contributed by atoms with Gasteiger partial charge in [-0.2, -0.15) is 0 Å². The van der Waals surface area contributed by atoms with Crippen LogP contribution in [0.1, 0.15) is 38.3 Å². The quantitative estimate of drug-likeness (QED) is 0.727. The maximum atomic E-state index is 3.53. The number of benzene rings is 1. The highest BCUT2D eigenvalue weighted by Crippen LogP contribution is 2.24. The summed E-state index contributed by atoms with van der Waals surface area (Å²) in [4.78, 5) is 1.44. The number of aryl methyl sites for hydroxylation is 1. The highest BCUT2D eigenvalue weighted by molar-refractivity contribution is 7.99. The van der Waals surface area contributed by atoms with Gasteiger partial charge in [0.05, 0.1) is 0 Å². The van der Waals surface area contributed by atoms with Crippen LogP contribution in [0.4, 0.5) is 0 Å². The van der Waals surface area contributed by atoms with Crippen molar-refractivity contribution in [3.05, 3.63) is 29.3 Å². The Hall–Kier alpha value is -0.470. The topological polar surface area (TPSA) is 12.0 Å². The number of rotatable bonds is 7. The van der Waals surface area contributed by atoms with Crippen LogP contribution in [0.3, 0.4) is 0 Å². The lowest BCUT2D eigenvalue weighted by atomic mass is 10.1. The Kier molecular flexibility index (Phi) is 6.68. The first-order chi connectivity index (χ1) is 8.13. The van der Waals surface area contributed by atoms with Gasteiger partial charge in [-0.1, -0.05) is 38.5 Å². The third kappa shape index (κ3) is 5.60. The third-order valence-corrected chi connectivity index (χ3v) is 3.87. The van der Waals surface area contributed by atoms with Crippen molar-refractivity contribution in [2.75, 3.05) is 12.3 Å². The van der Waals surface area contributed by atoms with Gasteiger partial charge < -0.3 is 5.32 Å². The summed E-state index contributed by atoms with van der Waals surface area (Å²) in [5.41, 5.74) is 2.80. The molecule has 0 aliphatic carbocycles. The minimum atomic E-state index is 0.714. The van der Waals surface area contributed by atoms with Gasteiger partial charge in [0.15, 0.2) is 0 Å². The van der Waals surface area contributed by atoms with Crippen LogP contribution in [0, 0.1) is 12.8 Å². The summed E-state index contributed by atoms with van der Waals surface area (Å²) in [5.74, 6) is 1.92. The fourth-order valence-electron chi connectivity index (χ4n) is 1.69. The van der Waals surface area contributed by atoms with E-state index in [2.05, 4.69) is 51.2 Å². The first-order valence-electron chi connectivity index (χ1n) is 6.56. The molecule has 0 spiro atoms. The van der Waals surface area contributed by atoms with E-state index in [1.807, 2.05) is 11.8 Å². The molecule has 17 heavy (non-hydrogen) atoms. The van der Waals surface area contributed by atoms with E-state index < -0.39 is 0 Å². The Labute approximate surface area is 110 Å². The highest BCUT2D eigenvalue weighted by atomic mass is 32.2. The molecule has 1 nitrogen and oxygen atoms in total. The van der Waals surface area contributed by atoms with E-state index in [1.165, 1.54) is 28.2 Å². The highest BCUT2D eigenvalue weighted by Gasteiger charge is 2.03. The van der Waals surface area contributed by atoms with Crippen LogP contribution in [0.25, 0.3) is 0 Å². The molecule has 0 aliphatic heterocycles. The summed E-state index contributed by atoms with van der Waals surface area (Å²) in [7, 11) is 0. The molecular formula is C15H25NS. The van der Waals surface area contributed by atoms with Crippen LogP contribution in [0.5, 0.6) is 0 Å². The summed E-state index contributed by atoms with van der Waals surface area (Å²) in [6.45, 7) is 11.0. The SMILES string of the molecule is CCCSc1ccc(C)cc1CNCC(C)C. The molecular weight excluding hydrogens is 226 g/mol. The smallest absolute Gasteiger partial charge is 0.0216 e. The molecule has 1 aromatic carbocycles. The fourth-order valence-corrected chi connectivity index (χ4v) is 2.60. The molecule has 0 aliphatic rings. The molecule has 0 atom stereocenters. The van der Waals surface area contributed by atoms with Gasteiger partial charge >= 0.3 is 0 Å². The van der Waals surface area contributed by atoms with Gasteiger partial charge in [-0.3, -0.25) is 0 Å². The average molecular weight is 251 g/mol. The summed E-state index contributed by atoms with van der Waals surface area (Å²) in [6, 6.07) is 6.79. The standard InChI is InChI=1S/C15H25NS/c1-5-8-17-15-7-6-13(4)9-14(15)11-16-10-12(2)3/h6-7,9,12,16H,5,8,10-11H2,1-4H3. The number of nitrogens with one attached hydrogen (secondary N) is 1. The zero-order valence-electron chi connectivity index (χ0n) is 11.5. The molecule has 1 rings (SSSR count).